The summed E-state index contributed by atoms with van der Waals surface area (Å²) in [7, 11) is -3.65. The molecule has 8 heteroatoms. The van der Waals surface area contributed by atoms with Crippen molar-refractivity contribution in [1.29, 1.82) is 0 Å². The third kappa shape index (κ3) is 4.47. The van der Waals surface area contributed by atoms with Crippen LogP contribution in [0.2, 0.25) is 0 Å². The minimum atomic E-state index is -3.65. The normalized spacial score (nSPS) is 17.6. The van der Waals surface area contributed by atoms with Crippen LogP contribution in [0.3, 0.4) is 0 Å². The van der Waals surface area contributed by atoms with E-state index in [0.717, 1.165) is 10.4 Å². The van der Waals surface area contributed by atoms with E-state index < -0.39 is 16.1 Å². The third-order valence-corrected chi connectivity index (χ3v) is 7.75. The highest BCUT2D eigenvalue weighted by atomic mass is 32.2. The van der Waals surface area contributed by atoms with Gasteiger partial charge in [-0.05, 0) is 47.5 Å². The van der Waals surface area contributed by atoms with Gasteiger partial charge in [0.2, 0.25) is 5.91 Å². The van der Waals surface area contributed by atoms with Gasteiger partial charge >= 0.3 is 0 Å². The first-order valence-corrected chi connectivity index (χ1v) is 12.8. The lowest BCUT2D eigenvalue weighted by atomic mass is 9.98. The Bertz CT molecular complexity index is 1250. The number of aliphatic imine (C=N–C) groups is 1. The van der Waals surface area contributed by atoms with Crippen molar-refractivity contribution < 1.29 is 13.2 Å². The monoisotopic (exact) mass is 467 g/mol. The van der Waals surface area contributed by atoms with E-state index in [1.54, 1.807) is 36.5 Å². The first-order valence-electron chi connectivity index (χ1n) is 10.4. The van der Waals surface area contributed by atoms with E-state index in [4.69, 9.17) is 0 Å². The molecule has 6 nitrogen and oxygen atoms in total. The van der Waals surface area contributed by atoms with Gasteiger partial charge in [0.1, 0.15) is 11.9 Å². The summed E-state index contributed by atoms with van der Waals surface area (Å²) in [6.45, 7) is 5.94. The smallest absolute Gasteiger partial charge is 0.263 e. The summed E-state index contributed by atoms with van der Waals surface area (Å²) < 4.78 is 27.1. The van der Waals surface area contributed by atoms with Crippen LogP contribution in [0.15, 0.2) is 75.9 Å². The van der Waals surface area contributed by atoms with Gasteiger partial charge in [-0.15, -0.1) is 11.3 Å². The number of hydrogen-bond donors (Lipinski definition) is 2. The number of carbonyl (C=O) groups excluding carboxylic acids is 1. The van der Waals surface area contributed by atoms with E-state index >= 15 is 0 Å². The third-order valence-electron chi connectivity index (χ3n) is 5.42. The molecule has 1 aromatic heterocycles. The summed E-state index contributed by atoms with van der Waals surface area (Å²) in [5.74, 6) is 0.331. The largest absolute Gasteiger partial charge is 0.343 e. The Hall–Kier alpha value is -2.97. The number of fused-ring (bicyclic) bond motifs is 1. The van der Waals surface area contributed by atoms with Crippen molar-refractivity contribution >= 4 is 33.1 Å². The number of hydrogen-bond acceptors (Lipinski definition) is 5. The molecule has 0 aliphatic carbocycles. The molecule has 2 heterocycles. The summed E-state index contributed by atoms with van der Waals surface area (Å²) in [6.07, 6.45) is 0. The molecule has 0 saturated carbocycles. The van der Waals surface area contributed by atoms with Gasteiger partial charge in [0.15, 0.2) is 0 Å². The molecule has 1 amide bonds. The predicted molar refractivity (Wildman–Crippen MR) is 128 cm³/mol. The molecule has 0 bridgehead atoms. The highest BCUT2D eigenvalue weighted by molar-refractivity contribution is 7.90. The summed E-state index contributed by atoms with van der Waals surface area (Å²) in [6, 6.07) is 17.7. The molecule has 2 N–H and O–H groups in total. The summed E-state index contributed by atoms with van der Waals surface area (Å²) in [4.78, 5) is 18.7. The minimum absolute atomic E-state index is 0.174. The molecule has 0 radical (unpaired) electrons. The molecule has 4 rings (SSSR count). The number of amides is 1. The van der Waals surface area contributed by atoms with Crippen molar-refractivity contribution in [3.63, 3.8) is 0 Å². The van der Waals surface area contributed by atoms with E-state index in [1.807, 2.05) is 29.6 Å². The van der Waals surface area contributed by atoms with Crippen molar-refractivity contribution in [2.45, 2.75) is 43.7 Å². The maximum atomic E-state index is 13.1. The van der Waals surface area contributed by atoms with Gasteiger partial charge in [-0.2, -0.15) is 0 Å². The van der Waals surface area contributed by atoms with E-state index in [1.165, 1.54) is 11.6 Å². The van der Waals surface area contributed by atoms with Gasteiger partial charge in [-0.3, -0.25) is 14.5 Å². The first kappa shape index (κ1) is 22.2. The molecule has 2 atom stereocenters. The highest BCUT2D eigenvalue weighted by Crippen LogP contribution is 2.28. The molecule has 166 valence electrons. The fourth-order valence-electron chi connectivity index (χ4n) is 3.59. The number of thiophene rings is 1. The van der Waals surface area contributed by atoms with Crippen molar-refractivity contribution in [3.05, 3.63) is 87.6 Å². The van der Waals surface area contributed by atoms with Crippen LogP contribution in [0.25, 0.3) is 0 Å². The van der Waals surface area contributed by atoms with Crippen LogP contribution < -0.4 is 10.0 Å². The molecule has 0 saturated heterocycles. The van der Waals surface area contributed by atoms with Crippen LogP contribution in [0, 0.1) is 0 Å². The zero-order valence-corrected chi connectivity index (χ0v) is 19.7. The van der Waals surface area contributed by atoms with Gasteiger partial charge in [0.05, 0.1) is 10.9 Å². The van der Waals surface area contributed by atoms with Crippen LogP contribution in [0.5, 0.6) is 0 Å². The second-order valence-electron chi connectivity index (χ2n) is 8.03. The Balaban J connectivity index is 1.58. The van der Waals surface area contributed by atoms with E-state index in [0.29, 0.717) is 11.5 Å². The number of sulfonamides is 1. The molecule has 0 fully saturated rings. The fraction of sp³-hybridized carbons (Fsp3) is 0.250. The average molecular weight is 468 g/mol. The van der Waals surface area contributed by atoms with Crippen LogP contribution in [0.4, 0.5) is 0 Å². The lowest BCUT2D eigenvalue weighted by molar-refractivity contribution is -0.122. The molecule has 3 aromatic rings. The topological polar surface area (TPSA) is 87.6 Å². The van der Waals surface area contributed by atoms with Crippen LogP contribution in [0.1, 0.15) is 54.3 Å². The van der Waals surface area contributed by atoms with Crippen molar-refractivity contribution in [2.24, 2.45) is 4.99 Å². The summed E-state index contributed by atoms with van der Waals surface area (Å²) >= 11 is 1.57. The molecule has 0 spiro atoms. The van der Waals surface area contributed by atoms with Crippen LogP contribution in [-0.4, -0.2) is 26.2 Å². The number of nitrogens with zero attached hydrogens (tertiary/aromatic N) is 1. The molecular weight excluding hydrogens is 442 g/mol. The molecule has 32 heavy (non-hydrogen) atoms. The van der Waals surface area contributed by atoms with Gasteiger partial charge in [-0.25, -0.2) is 8.42 Å². The van der Waals surface area contributed by atoms with Crippen LogP contribution >= 0.6 is 11.3 Å². The molecule has 1 aliphatic rings. The Morgan fingerprint density at radius 1 is 0.969 bits per heavy atom. The summed E-state index contributed by atoms with van der Waals surface area (Å²) in [5.41, 5.74) is 2.69. The first-order chi connectivity index (χ1) is 15.3. The number of rotatable bonds is 6. The Labute approximate surface area is 192 Å². The van der Waals surface area contributed by atoms with Crippen LogP contribution in [-0.2, 0) is 14.8 Å². The molecule has 1 aliphatic heterocycles. The molecule has 2 aromatic carbocycles. The van der Waals surface area contributed by atoms with Crippen molar-refractivity contribution in [2.75, 3.05) is 0 Å². The lowest BCUT2D eigenvalue weighted by Crippen LogP contribution is -2.36. The minimum Gasteiger partial charge on any atom is -0.343 e. The van der Waals surface area contributed by atoms with E-state index in [9.17, 15) is 13.2 Å². The van der Waals surface area contributed by atoms with Gasteiger partial charge in [0, 0.05) is 10.4 Å². The lowest BCUT2D eigenvalue weighted by Gasteiger charge is -2.20. The van der Waals surface area contributed by atoms with Crippen molar-refractivity contribution in [3.8, 4) is 0 Å². The van der Waals surface area contributed by atoms with Gasteiger partial charge in [-0.1, -0.05) is 56.3 Å². The average Bonchev–Trinajstić information content (AvgIpc) is 3.39. The zero-order valence-electron chi connectivity index (χ0n) is 18.1. The Kier molecular flexibility index (Phi) is 6.17. The SMILES string of the molecule is CC(C)c1ccc(C(NC(=O)[C@H](C)N=C2NS(=O)(=O)c3ccccc32)c2cccs2)cc1. The number of amidine groups is 1. The molecular formula is C24H25N3O3S2. The molecule has 1 unspecified atom stereocenters. The maximum absolute atomic E-state index is 13.1. The van der Waals surface area contributed by atoms with E-state index in [-0.39, 0.29) is 22.7 Å². The summed E-state index contributed by atoms with van der Waals surface area (Å²) in [5, 5.41) is 5.07. The quantitative estimate of drug-likeness (QED) is 0.569. The Morgan fingerprint density at radius 2 is 1.66 bits per heavy atom. The zero-order chi connectivity index (χ0) is 22.9. The fourth-order valence-corrected chi connectivity index (χ4v) is 5.63. The highest BCUT2D eigenvalue weighted by Gasteiger charge is 2.31. The number of carbonyl (C=O) groups is 1. The van der Waals surface area contributed by atoms with Gasteiger partial charge in [0.25, 0.3) is 10.0 Å². The second kappa shape index (κ2) is 8.88. The van der Waals surface area contributed by atoms with Crippen molar-refractivity contribution in [1.82, 2.24) is 10.0 Å². The van der Waals surface area contributed by atoms with E-state index in [2.05, 4.69) is 41.0 Å². The van der Waals surface area contributed by atoms with Gasteiger partial charge < -0.3 is 5.32 Å². The maximum Gasteiger partial charge on any atom is 0.263 e. The Morgan fingerprint density at radius 3 is 2.31 bits per heavy atom. The number of nitrogens with one attached hydrogen (secondary N) is 2. The number of benzene rings is 2. The predicted octanol–water partition coefficient (Wildman–Crippen LogP) is 4.20. The second-order valence-corrected chi connectivity index (χ2v) is 10.7. The standard InChI is InChI=1S/C24H25N3O3S2/c1-15(2)17-10-12-18(13-11-17)22(20-8-6-14-31-20)26-24(28)16(3)25-23-19-7-4-5-9-21(19)32(29,30)27-23/h4-16,22H,1-3H3,(H,25,27)(H,26,28)/t16-,22?/m0/s1.